The van der Waals surface area contributed by atoms with Gasteiger partial charge in [-0.05, 0) is 25.3 Å². The second kappa shape index (κ2) is 9.53. The van der Waals surface area contributed by atoms with Gasteiger partial charge in [0.05, 0.1) is 27.5 Å². The molecule has 0 radical (unpaired) electrons. The van der Waals surface area contributed by atoms with Crippen LogP contribution in [-0.2, 0) is 7.05 Å². The molecule has 1 aromatic carbocycles. The number of aromatic nitrogens is 1. The Hall–Kier alpha value is -2.63. The summed E-state index contributed by atoms with van der Waals surface area (Å²) in [7, 11) is 1.98. The van der Waals surface area contributed by atoms with Gasteiger partial charge in [0.25, 0.3) is 5.69 Å². The fraction of sp³-hybridized carbons (Fsp3) is 0.333. The zero-order chi connectivity index (χ0) is 19.4. The molecule has 10 heteroatoms. The molecular weight excluding hydrogens is 477 g/mol. The van der Waals surface area contributed by atoms with Crippen LogP contribution in [0.15, 0.2) is 47.7 Å². The molecule has 1 aliphatic rings. The number of anilines is 1. The maximum absolute atomic E-state index is 11.3. The van der Waals surface area contributed by atoms with Crippen molar-refractivity contribution in [3.8, 4) is 0 Å². The summed E-state index contributed by atoms with van der Waals surface area (Å²) >= 11 is 0. The van der Waals surface area contributed by atoms with Gasteiger partial charge in [-0.3, -0.25) is 25.7 Å². The molecule has 1 fully saturated rings. The second-order valence-electron chi connectivity index (χ2n) is 6.47. The molecule has 9 nitrogen and oxygen atoms in total. The lowest BCUT2D eigenvalue weighted by Gasteiger charge is -2.22. The molecular formula is C18H20IN5O4. The highest BCUT2D eigenvalue weighted by atomic mass is 127. The van der Waals surface area contributed by atoms with Crippen molar-refractivity contribution in [1.82, 2.24) is 0 Å². The molecule has 1 aliphatic carbocycles. The van der Waals surface area contributed by atoms with E-state index in [1.807, 2.05) is 25.4 Å². The second-order valence-corrected chi connectivity index (χ2v) is 6.47. The number of hydrazone groups is 1. The van der Waals surface area contributed by atoms with Gasteiger partial charge in [0.15, 0.2) is 11.9 Å². The van der Waals surface area contributed by atoms with E-state index in [1.165, 1.54) is 12.1 Å². The number of halogens is 1. The molecule has 1 N–H and O–H groups in total. The number of nitro groups is 2. The summed E-state index contributed by atoms with van der Waals surface area (Å²) < 4.78 is 2.06. The Morgan fingerprint density at radius 1 is 1.14 bits per heavy atom. The van der Waals surface area contributed by atoms with E-state index in [2.05, 4.69) is 21.2 Å². The van der Waals surface area contributed by atoms with E-state index in [9.17, 15) is 20.2 Å². The summed E-state index contributed by atoms with van der Waals surface area (Å²) in [5.74, 6) is 0.134. The lowest BCUT2D eigenvalue weighted by Crippen LogP contribution is -3.00. The number of aryl methyl sites for hydroxylation is 1. The fourth-order valence-corrected chi connectivity index (χ4v) is 3.36. The zero-order valence-corrected chi connectivity index (χ0v) is 17.4. The van der Waals surface area contributed by atoms with Gasteiger partial charge in [0.2, 0.25) is 0 Å². The number of nitrogens with one attached hydrogen (secondary N) is 1. The minimum atomic E-state index is -0.657. The van der Waals surface area contributed by atoms with Crippen molar-refractivity contribution in [1.29, 1.82) is 0 Å². The molecule has 1 heterocycles. The minimum absolute atomic E-state index is 0. The monoisotopic (exact) mass is 497 g/mol. The topological polar surface area (TPSA) is 115 Å². The van der Waals surface area contributed by atoms with Crippen molar-refractivity contribution in [2.75, 3.05) is 5.43 Å². The maximum atomic E-state index is 11.3. The van der Waals surface area contributed by atoms with Crippen molar-refractivity contribution in [2.45, 2.75) is 31.6 Å². The van der Waals surface area contributed by atoms with Crippen LogP contribution in [0.1, 0.15) is 37.3 Å². The summed E-state index contributed by atoms with van der Waals surface area (Å²) in [6, 6.07) is 9.49. The summed E-state index contributed by atoms with van der Waals surface area (Å²) in [6.45, 7) is 0. The maximum Gasteiger partial charge on any atom is 0.301 e. The van der Waals surface area contributed by atoms with Crippen molar-refractivity contribution < 1.29 is 38.4 Å². The van der Waals surface area contributed by atoms with Gasteiger partial charge >= 0.3 is 5.69 Å². The van der Waals surface area contributed by atoms with Gasteiger partial charge in [-0.2, -0.15) is 5.10 Å². The molecule has 28 heavy (non-hydrogen) atoms. The SMILES string of the molecule is C[n+]1ccccc1C1CCCC/C1=N\Nc1ccc([N+](=O)[O-])cc1[N+](=O)[O-].[I-]. The molecule has 0 bridgehead atoms. The number of nitro benzene ring substituents is 2. The quantitative estimate of drug-likeness (QED) is 0.279. The zero-order valence-electron chi connectivity index (χ0n) is 15.2. The smallest absolute Gasteiger partial charge is 0.301 e. The van der Waals surface area contributed by atoms with Crippen LogP contribution in [0.3, 0.4) is 0 Å². The number of pyridine rings is 1. The number of nitrogens with zero attached hydrogens (tertiary/aromatic N) is 4. The normalized spacial score (nSPS) is 17.6. The van der Waals surface area contributed by atoms with Crippen molar-refractivity contribution in [3.63, 3.8) is 0 Å². The lowest BCUT2D eigenvalue weighted by molar-refractivity contribution is -0.679. The Morgan fingerprint density at radius 2 is 1.93 bits per heavy atom. The largest absolute Gasteiger partial charge is 1.00 e. The van der Waals surface area contributed by atoms with E-state index in [-0.39, 0.29) is 47.0 Å². The molecule has 0 saturated heterocycles. The first-order valence-corrected chi connectivity index (χ1v) is 8.67. The third kappa shape index (κ3) is 4.80. The fourth-order valence-electron chi connectivity index (χ4n) is 3.36. The highest BCUT2D eigenvalue weighted by Crippen LogP contribution is 2.31. The van der Waals surface area contributed by atoms with Crippen LogP contribution < -0.4 is 34.0 Å². The third-order valence-corrected chi connectivity index (χ3v) is 4.74. The van der Waals surface area contributed by atoms with Crippen molar-refractivity contribution in [2.24, 2.45) is 12.1 Å². The average Bonchev–Trinajstić information content (AvgIpc) is 2.67. The summed E-state index contributed by atoms with van der Waals surface area (Å²) in [4.78, 5) is 20.8. The van der Waals surface area contributed by atoms with Gasteiger partial charge < -0.3 is 24.0 Å². The van der Waals surface area contributed by atoms with Gasteiger partial charge in [0.1, 0.15) is 12.7 Å². The van der Waals surface area contributed by atoms with E-state index in [0.29, 0.717) is 0 Å². The van der Waals surface area contributed by atoms with E-state index >= 15 is 0 Å². The number of hydrogen-bond donors (Lipinski definition) is 1. The molecule has 2 aromatic rings. The molecule has 1 atom stereocenters. The Morgan fingerprint density at radius 3 is 2.61 bits per heavy atom. The number of rotatable bonds is 5. The van der Waals surface area contributed by atoms with E-state index in [4.69, 9.17) is 0 Å². The highest BCUT2D eigenvalue weighted by Gasteiger charge is 2.28. The van der Waals surface area contributed by atoms with E-state index in [0.717, 1.165) is 43.2 Å². The van der Waals surface area contributed by atoms with Gasteiger partial charge in [0, 0.05) is 18.2 Å². The number of hydrogen-bond acceptors (Lipinski definition) is 6. The molecule has 0 aliphatic heterocycles. The van der Waals surface area contributed by atoms with Gasteiger partial charge in [-0.25, -0.2) is 4.57 Å². The Bertz CT molecular complexity index is 919. The van der Waals surface area contributed by atoms with Crippen LogP contribution in [0, 0.1) is 20.2 Å². The Kier molecular flexibility index (Phi) is 7.38. The predicted molar refractivity (Wildman–Crippen MR) is 99.6 cm³/mol. The summed E-state index contributed by atoms with van der Waals surface area (Å²) in [6.07, 6.45) is 5.84. The Labute approximate surface area is 178 Å². The number of non-ortho nitro benzene ring substituents is 1. The van der Waals surface area contributed by atoms with Crippen LogP contribution in [0.2, 0.25) is 0 Å². The molecule has 0 amide bonds. The molecule has 3 rings (SSSR count). The van der Waals surface area contributed by atoms with Crippen LogP contribution >= 0.6 is 0 Å². The van der Waals surface area contributed by atoms with Crippen LogP contribution in [0.25, 0.3) is 0 Å². The summed E-state index contributed by atoms with van der Waals surface area (Å²) in [5, 5.41) is 26.6. The van der Waals surface area contributed by atoms with E-state index in [1.54, 1.807) is 0 Å². The van der Waals surface area contributed by atoms with Gasteiger partial charge in [-0.1, -0.05) is 12.5 Å². The van der Waals surface area contributed by atoms with Crippen LogP contribution in [-0.4, -0.2) is 15.6 Å². The standard InChI is InChI=1S/C18H20N5O4.HI/c1-21-11-5-4-8-17(21)14-6-2-3-7-15(14)19-20-16-10-9-13(22(24)25)12-18(16)23(26)27;/h4-5,8-12,14,20H,2-3,6-7H2,1H3;1H/q+1;/p-1/b19-15+;. The molecule has 148 valence electrons. The van der Waals surface area contributed by atoms with E-state index < -0.39 is 9.85 Å². The van der Waals surface area contributed by atoms with Crippen LogP contribution in [0.5, 0.6) is 0 Å². The first kappa shape index (κ1) is 21.7. The summed E-state index contributed by atoms with van der Waals surface area (Å²) in [5.41, 5.74) is 4.27. The minimum Gasteiger partial charge on any atom is -1.00 e. The van der Waals surface area contributed by atoms with Crippen LogP contribution in [0.4, 0.5) is 17.1 Å². The highest BCUT2D eigenvalue weighted by molar-refractivity contribution is 5.91. The lowest BCUT2D eigenvalue weighted by atomic mass is 9.84. The first-order chi connectivity index (χ1) is 13.0. The van der Waals surface area contributed by atoms with Crippen molar-refractivity contribution >= 4 is 22.8 Å². The molecule has 1 saturated carbocycles. The number of benzene rings is 1. The third-order valence-electron chi connectivity index (χ3n) is 4.74. The first-order valence-electron chi connectivity index (χ1n) is 8.67. The van der Waals surface area contributed by atoms with Gasteiger partial charge in [-0.15, -0.1) is 0 Å². The predicted octanol–water partition coefficient (Wildman–Crippen LogP) is 0.457. The Balaban J connectivity index is 0.00000280. The molecule has 0 spiro atoms. The molecule has 1 aromatic heterocycles. The molecule has 1 unspecified atom stereocenters. The van der Waals surface area contributed by atoms with Crippen molar-refractivity contribution in [3.05, 3.63) is 68.5 Å². The average molecular weight is 497 g/mol.